The molecule has 0 saturated heterocycles. The number of hydrogen-bond acceptors (Lipinski definition) is 2. The molecule has 1 amide bonds. The van der Waals surface area contributed by atoms with Crippen LogP contribution in [0.4, 0.5) is 13.2 Å². The Morgan fingerprint density at radius 1 is 1.32 bits per heavy atom. The zero-order valence-corrected chi connectivity index (χ0v) is 11.0. The number of hydrogen-bond donors (Lipinski definition) is 2. The Labute approximate surface area is 110 Å². The first kappa shape index (κ1) is 15.5. The van der Waals surface area contributed by atoms with Gasteiger partial charge in [0.05, 0.1) is 5.56 Å². The summed E-state index contributed by atoms with van der Waals surface area (Å²) < 4.78 is 37.6. The second-order valence-corrected chi connectivity index (χ2v) is 5.04. The van der Waals surface area contributed by atoms with E-state index in [0.29, 0.717) is 0 Å². The van der Waals surface area contributed by atoms with Gasteiger partial charge in [0.25, 0.3) is 5.91 Å². The van der Waals surface area contributed by atoms with Gasteiger partial charge in [0, 0.05) is 17.1 Å². The molecule has 0 saturated carbocycles. The molecule has 1 atom stereocenters. The van der Waals surface area contributed by atoms with Gasteiger partial charge >= 0.3 is 6.18 Å². The standard InChI is InChI=1S/C13H17F3N2O/c1-8(17)12(2,3)18-11(19)9-5-4-6-10(7-9)13(14,15)16/h4-8H,17H2,1-3H3,(H,18,19). The molecule has 106 valence electrons. The Kier molecular flexibility index (Phi) is 4.25. The minimum Gasteiger partial charge on any atom is -0.346 e. The number of carbonyl (C=O) groups excluding carboxylic acids is 1. The number of amides is 1. The molecule has 0 bridgehead atoms. The van der Waals surface area contributed by atoms with Crippen LogP contribution in [0.3, 0.4) is 0 Å². The average molecular weight is 274 g/mol. The molecule has 3 N–H and O–H groups in total. The lowest BCUT2D eigenvalue weighted by molar-refractivity contribution is -0.137. The Hall–Kier alpha value is -1.56. The highest BCUT2D eigenvalue weighted by Crippen LogP contribution is 2.29. The lowest BCUT2D eigenvalue weighted by Crippen LogP contribution is -2.54. The van der Waals surface area contributed by atoms with Crippen molar-refractivity contribution in [3.05, 3.63) is 35.4 Å². The van der Waals surface area contributed by atoms with E-state index in [1.54, 1.807) is 20.8 Å². The highest BCUT2D eigenvalue weighted by atomic mass is 19.4. The van der Waals surface area contributed by atoms with Gasteiger partial charge in [-0.15, -0.1) is 0 Å². The maximum Gasteiger partial charge on any atom is 0.416 e. The van der Waals surface area contributed by atoms with Gasteiger partial charge in [-0.05, 0) is 39.0 Å². The van der Waals surface area contributed by atoms with E-state index in [9.17, 15) is 18.0 Å². The van der Waals surface area contributed by atoms with Crippen LogP contribution in [0.5, 0.6) is 0 Å². The van der Waals surface area contributed by atoms with Gasteiger partial charge in [0.1, 0.15) is 0 Å². The Balaban J connectivity index is 2.96. The number of carbonyl (C=O) groups is 1. The summed E-state index contributed by atoms with van der Waals surface area (Å²) in [5.41, 5.74) is 4.11. The first-order valence-electron chi connectivity index (χ1n) is 5.79. The lowest BCUT2D eigenvalue weighted by Gasteiger charge is -2.30. The molecule has 1 aromatic rings. The summed E-state index contributed by atoms with van der Waals surface area (Å²) in [6, 6.07) is 3.96. The fourth-order valence-electron chi connectivity index (χ4n) is 1.32. The minimum atomic E-state index is -4.47. The minimum absolute atomic E-state index is 0.0384. The van der Waals surface area contributed by atoms with Crippen LogP contribution in [0, 0.1) is 0 Å². The van der Waals surface area contributed by atoms with E-state index in [1.807, 2.05) is 0 Å². The molecule has 1 unspecified atom stereocenters. The van der Waals surface area contributed by atoms with E-state index in [4.69, 9.17) is 5.73 Å². The summed E-state index contributed by atoms with van der Waals surface area (Å²) in [6.07, 6.45) is -4.47. The number of nitrogens with two attached hydrogens (primary N) is 1. The van der Waals surface area contributed by atoms with Crippen molar-refractivity contribution < 1.29 is 18.0 Å². The molecular weight excluding hydrogens is 257 g/mol. The van der Waals surface area contributed by atoms with Gasteiger partial charge in [0.2, 0.25) is 0 Å². The van der Waals surface area contributed by atoms with E-state index in [2.05, 4.69) is 5.32 Å². The Bertz CT molecular complexity index is 467. The van der Waals surface area contributed by atoms with Crippen LogP contribution in [0.25, 0.3) is 0 Å². The first-order chi connectivity index (χ1) is 8.54. The van der Waals surface area contributed by atoms with Gasteiger partial charge in [-0.2, -0.15) is 13.2 Å². The normalized spacial score (nSPS) is 14.1. The zero-order valence-electron chi connectivity index (χ0n) is 11.0. The zero-order chi connectivity index (χ0) is 14.8. The summed E-state index contributed by atoms with van der Waals surface area (Å²) in [4.78, 5) is 11.9. The molecule has 6 heteroatoms. The van der Waals surface area contributed by atoms with Gasteiger partial charge in [-0.1, -0.05) is 6.07 Å². The third kappa shape index (κ3) is 3.96. The molecule has 0 radical (unpaired) electrons. The molecule has 0 aliphatic heterocycles. The second-order valence-electron chi connectivity index (χ2n) is 5.04. The second kappa shape index (κ2) is 5.21. The van der Waals surface area contributed by atoms with Crippen LogP contribution < -0.4 is 11.1 Å². The smallest absolute Gasteiger partial charge is 0.346 e. The number of rotatable bonds is 3. The van der Waals surface area contributed by atoms with Crippen LogP contribution in [0.15, 0.2) is 24.3 Å². The Morgan fingerprint density at radius 2 is 1.89 bits per heavy atom. The summed E-state index contributed by atoms with van der Waals surface area (Å²) in [5.74, 6) is -0.576. The van der Waals surface area contributed by atoms with E-state index in [-0.39, 0.29) is 11.6 Å². The fraction of sp³-hybridized carbons (Fsp3) is 0.462. The third-order valence-electron chi connectivity index (χ3n) is 3.03. The van der Waals surface area contributed by atoms with E-state index in [1.165, 1.54) is 12.1 Å². The first-order valence-corrected chi connectivity index (χ1v) is 5.79. The third-order valence-corrected chi connectivity index (χ3v) is 3.03. The van der Waals surface area contributed by atoms with E-state index < -0.39 is 23.2 Å². The summed E-state index contributed by atoms with van der Waals surface area (Å²) in [6.45, 7) is 5.14. The van der Waals surface area contributed by atoms with Crippen LogP contribution >= 0.6 is 0 Å². The van der Waals surface area contributed by atoms with Crippen LogP contribution in [-0.2, 0) is 6.18 Å². The molecular formula is C13H17F3N2O. The Morgan fingerprint density at radius 3 is 2.37 bits per heavy atom. The molecule has 19 heavy (non-hydrogen) atoms. The van der Waals surface area contributed by atoms with E-state index in [0.717, 1.165) is 12.1 Å². The molecule has 1 aromatic carbocycles. The van der Waals surface area contributed by atoms with Gasteiger partial charge < -0.3 is 11.1 Å². The van der Waals surface area contributed by atoms with Gasteiger partial charge in [-0.25, -0.2) is 0 Å². The molecule has 0 aliphatic rings. The molecule has 1 rings (SSSR count). The van der Waals surface area contributed by atoms with Crippen molar-refractivity contribution in [2.45, 2.75) is 38.5 Å². The van der Waals surface area contributed by atoms with Crippen LogP contribution in [0.1, 0.15) is 36.7 Å². The van der Waals surface area contributed by atoms with Crippen molar-refractivity contribution in [1.82, 2.24) is 5.32 Å². The highest BCUT2D eigenvalue weighted by Gasteiger charge is 2.31. The number of nitrogens with one attached hydrogen (secondary N) is 1. The van der Waals surface area contributed by atoms with Crippen molar-refractivity contribution in [1.29, 1.82) is 0 Å². The van der Waals surface area contributed by atoms with Crippen molar-refractivity contribution in [3.63, 3.8) is 0 Å². The number of benzene rings is 1. The van der Waals surface area contributed by atoms with Crippen LogP contribution in [-0.4, -0.2) is 17.5 Å². The van der Waals surface area contributed by atoms with Gasteiger partial charge in [0.15, 0.2) is 0 Å². The molecule has 0 heterocycles. The van der Waals surface area contributed by atoms with Gasteiger partial charge in [-0.3, -0.25) is 4.79 Å². The lowest BCUT2D eigenvalue weighted by atomic mass is 9.96. The largest absolute Gasteiger partial charge is 0.416 e. The summed E-state index contributed by atoms with van der Waals surface area (Å²) >= 11 is 0. The molecule has 0 aliphatic carbocycles. The molecule has 0 spiro atoms. The fourth-order valence-corrected chi connectivity index (χ4v) is 1.32. The van der Waals surface area contributed by atoms with E-state index >= 15 is 0 Å². The number of alkyl halides is 3. The summed E-state index contributed by atoms with van der Waals surface area (Å²) in [5, 5.41) is 2.62. The average Bonchev–Trinajstić information content (AvgIpc) is 2.27. The van der Waals surface area contributed by atoms with Crippen molar-refractivity contribution >= 4 is 5.91 Å². The number of halogens is 3. The monoisotopic (exact) mass is 274 g/mol. The van der Waals surface area contributed by atoms with Crippen molar-refractivity contribution in [2.75, 3.05) is 0 Å². The predicted octanol–water partition coefficient (Wildman–Crippen LogP) is 2.56. The SMILES string of the molecule is CC(N)C(C)(C)NC(=O)c1cccc(C(F)(F)F)c1. The maximum absolute atomic E-state index is 12.5. The highest BCUT2D eigenvalue weighted by molar-refractivity contribution is 5.94. The summed E-state index contributed by atoms with van der Waals surface area (Å²) in [7, 11) is 0. The van der Waals surface area contributed by atoms with Crippen molar-refractivity contribution in [2.24, 2.45) is 5.73 Å². The molecule has 3 nitrogen and oxygen atoms in total. The molecule has 0 aromatic heterocycles. The maximum atomic E-state index is 12.5. The quantitative estimate of drug-likeness (QED) is 0.890. The molecule has 0 fully saturated rings. The predicted molar refractivity (Wildman–Crippen MR) is 66.6 cm³/mol. The van der Waals surface area contributed by atoms with Crippen LogP contribution in [0.2, 0.25) is 0 Å². The van der Waals surface area contributed by atoms with Crippen molar-refractivity contribution in [3.8, 4) is 0 Å². The topological polar surface area (TPSA) is 55.1 Å².